The molecule has 0 bridgehead atoms. The number of halogens is 2. The second-order valence-corrected chi connectivity index (χ2v) is 9.49. The van der Waals surface area contributed by atoms with Crippen LogP contribution < -0.4 is 5.73 Å². The highest BCUT2D eigenvalue weighted by Gasteiger charge is 2.63. The Hall–Kier alpha value is -0.110. The van der Waals surface area contributed by atoms with Crippen LogP contribution in [-0.2, 0) is 9.53 Å². The Morgan fingerprint density at radius 3 is 2.07 bits per heavy atom. The van der Waals surface area contributed by atoms with Gasteiger partial charge in [0.15, 0.2) is 0 Å². The van der Waals surface area contributed by atoms with E-state index in [4.69, 9.17) is 10.5 Å². The standard InChI is InChI=1S/C21H40N4O2.2ClH/c1-6-27-18-15-21(22,20(18,4)5)19(26)24-12-9-23(10-13-24)11-14-25-16(2)7-8-17(25)3;;/h16-18H,6-15,22H2,1-5H3;2*1H. The molecule has 0 aromatic heterocycles. The summed E-state index contributed by atoms with van der Waals surface area (Å²) in [6, 6.07) is 1.41. The van der Waals surface area contributed by atoms with E-state index in [1.807, 2.05) is 11.8 Å². The van der Waals surface area contributed by atoms with Crippen LogP contribution in [0.4, 0.5) is 0 Å². The van der Waals surface area contributed by atoms with Gasteiger partial charge in [0.1, 0.15) is 5.54 Å². The van der Waals surface area contributed by atoms with E-state index in [0.29, 0.717) is 25.1 Å². The van der Waals surface area contributed by atoms with Crippen LogP contribution in [0.2, 0.25) is 0 Å². The first-order valence-corrected chi connectivity index (χ1v) is 10.9. The molecule has 0 spiro atoms. The summed E-state index contributed by atoms with van der Waals surface area (Å²) in [4.78, 5) is 20.3. The number of ether oxygens (including phenoxy) is 1. The SMILES string of the molecule is CCOC1CC(N)(C(=O)N2CCN(CCN3C(C)CCC3C)CC2)C1(C)C.Cl.Cl. The number of piperazine rings is 1. The fourth-order valence-corrected chi connectivity index (χ4v) is 5.20. The third-order valence-electron chi connectivity index (χ3n) is 7.68. The summed E-state index contributed by atoms with van der Waals surface area (Å²) in [5.74, 6) is 0.116. The van der Waals surface area contributed by atoms with Gasteiger partial charge in [-0.1, -0.05) is 13.8 Å². The molecule has 1 aliphatic carbocycles. The van der Waals surface area contributed by atoms with Crippen LogP contribution in [0.1, 0.15) is 53.9 Å². The van der Waals surface area contributed by atoms with Crippen molar-refractivity contribution in [1.29, 1.82) is 0 Å². The number of carbonyl (C=O) groups is 1. The number of amides is 1. The molecule has 3 fully saturated rings. The Morgan fingerprint density at radius 1 is 1.03 bits per heavy atom. The molecule has 4 unspecified atom stereocenters. The fraction of sp³-hybridized carbons (Fsp3) is 0.952. The predicted molar refractivity (Wildman–Crippen MR) is 123 cm³/mol. The lowest BCUT2D eigenvalue weighted by molar-refractivity contribution is -0.180. The molecule has 8 heteroatoms. The smallest absolute Gasteiger partial charge is 0.243 e. The number of likely N-dealkylation sites (tertiary alicyclic amines) is 1. The van der Waals surface area contributed by atoms with Crippen LogP contribution in [0.15, 0.2) is 0 Å². The number of hydrogen-bond donors (Lipinski definition) is 1. The lowest BCUT2D eigenvalue weighted by Gasteiger charge is -2.59. The predicted octanol–water partition coefficient (Wildman–Crippen LogP) is 2.38. The van der Waals surface area contributed by atoms with Gasteiger partial charge >= 0.3 is 0 Å². The molecule has 1 saturated carbocycles. The van der Waals surface area contributed by atoms with Crippen LogP contribution in [0.25, 0.3) is 0 Å². The Labute approximate surface area is 189 Å². The van der Waals surface area contributed by atoms with Crippen molar-refractivity contribution in [3.05, 3.63) is 0 Å². The van der Waals surface area contributed by atoms with Gasteiger partial charge in [-0.3, -0.25) is 14.6 Å². The molecule has 3 aliphatic rings. The van der Waals surface area contributed by atoms with E-state index in [1.165, 1.54) is 12.8 Å². The summed E-state index contributed by atoms with van der Waals surface area (Å²) >= 11 is 0. The average molecular weight is 453 g/mol. The minimum Gasteiger partial charge on any atom is -0.378 e. The normalized spacial score (nSPS) is 34.8. The molecule has 2 saturated heterocycles. The zero-order valence-electron chi connectivity index (χ0n) is 18.9. The second kappa shape index (κ2) is 10.5. The van der Waals surface area contributed by atoms with Crippen LogP contribution in [0.5, 0.6) is 0 Å². The number of nitrogens with zero attached hydrogens (tertiary/aromatic N) is 3. The zero-order valence-corrected chi connectivity index (χ0v) is 20.5. The molecule has 0 aromatic carbocycles. The Morgan fingerprint density at radius 2 is 1.59 bits per heavy atom. The second-order valence-electron chi connectivity index (χ2n) is 9.49. The topological polar surface area (TPSA) is 62.0 Å². The van der Waals surface area contributed by atoms with E-state index < -0.39 is 5.54 Å². The summed E-state index contributed by atoms with van der Waals surface area (Å²) in [6.07, 6.45) is 3.36. The molecule has 0 aromatic rings. The van der Waals surface area contributed by atoms with E-state index in [-0.39, 0.29) is 42.2 Å². The Bertz CT molecular complexity index is 533. The van der Waals surface area contributed by atoms with Crippen molar-refractivity contribution in [2.75, 3.05) is 45.9 Å². The first kappa shape index (κ1) is 26.9. The van der Waals surface area contributed by atoms with Crippen molar-refractivity contribution in [2.24, 2.45) is 11.1 Å². The summed E-state index contributed by atoms with van der Waals surface area (Å²) in [7, 11) is 0. The summed E-state index contributed by atoms with van der Waals surface area (Å²) < 4.78 is 5.78. The first-order chi connectivity index (χ1) is 12.7. The summed E-state index contributed by atoms with van der Waals surface area (Å²) in [5.41, 5.74) is 5.50. The number of nitrogens with two attached hydrogens (primary N) is 1. The van der Waals surface area contributed by atoms with E-state index in [9.17, 15) is 4.79 Å². The lowest BCUT2D eigenvalue weighted by atomic mass is 9.54. The minimum atomic E-state index is -0.782. The number of carbonyl (C=O) groups excluding carboxylic acids is 1. The van der Waals surface area contributed by atoms with Gasteiger partial charge in [-0.2, -0.15) is 0 Å². The lowest BCUT2D eigenvalue weighted by Crippen LogP contribution is -2.76. The van der Waals surface area contributed by atoms with Crippen molar-refractivity contribution in [2.45, 2.75) is 77.6 Å². The van der Waals surface area contributed by atoms with Crippen LogP contribution in [0, 0.1) is 5.41 Å². The maximum Gasteiger partial charge on any atom is 0.243 e. The third kappa shape index (κ3) is 5.04. The van der Waals surface area contributed by atoms with Crippen molar-refractivity contribution < 1.29 is 9.53 Å². The molecule has 0 radical (unpaired) electrons. The molecular weight excluding hydrogens is 411 g/mol. The molecule has 4 atom stereocenters. The van der Waals surface area contributed by atoms with Gasteiger partial charge in [0, 0.05) is 69.8 Å². The first-order valence-electron chi connectivity index (χ1n) is 10.9. The molecule has 3 rings (SSSR count). The third-order valence-corrected chi connectivity index (χ3v) is 7.68. The average Bonchev–Trinajstić information content (AvgIpc) is 2.97. The van der Waals surface area contributed by atoms with Crippen LogP contribution in [0.3, 0.4) is 0 Å². The van der Waals surface area contributed by atoms with Gasteiger partial charge in [-0.15, -0.1) is 24.8 Å². The molecule has 2 aliphatic heterocycles. The van der Waals surface area contributed by atoms with Crippen LogP contribution >= 0.6 is 24.8 Å². The largest absolute Gasteiger partial charge is 0.378 e. The van der Waals surface area contributed by atoms with E-state index >= 15 is 0 Å². The highest BCUT2D eigenvalue weighted by Crippen LogP contribution is 2.50. The summed E-state index contributed by atoms with van der Waals surface area (Å²) in [6.45, 7) is 17.2. The summed E-state index contributed by atoms with van der Waals surface area (Å²) in [5, 5.41) is 0. The number of hydrogen-bond acceptors (Lipinski definition) is 5. The Kier molecular flexibility index (Phi) is 9.72. The van der Waals surface area contributed by atoms with Crippen LogP contribution in [-0.4, -0.2) is 90.2 Å². The van der Waals surface area contributed by atoms with Gasteiger partial charge in [0.2, 0.25) is 5.91 Å². The molecule has 29 heavy (non-hydrogen) atoms. The van der Waals surface area contributed by atoms with Crippen molar-refractivity contribution >= 4 is 30.7 Å². The van der Waals surface area contributed by atoms with Crippen molar-refractivity contribution in [3.8, 4) is 0 Å². The molecule has 2 heterocycles. The van der Waals surface area contributed by atoms with E-state index in [1.54, 1.807) is 0 Å². The quantitative estimate of drug-likeness (QED) is 0.669. The zero-order chi connectivity index (χ0) is 19.8. The van der Waals surface area contributed by atoms with E-state index in [0.717, 1.165) is 39.3 Å². The van der Waals surface area contributed by atoms with Gasteiger partial charge < -0.3 is 15.4 Å². The van der Waals surface area contributed by atoms with Gasteiger partial charge in [-0.05, 0) is 33.6 Å². The molecular formula is C21H42Cl2N4O2. The van der Waals surface area contributed by atoms with Crippen molar-refractivity contribution in [1.82, 2.24) is 14.7 Å². The highest BCUT2D eigenvalue weighted by molar-refractivity contribution is 5.89. The van der Waals surface area contributed by atoms with Crippen molar-refractivity contribution in [3.63, 3.8) is 0 Å². The molecule has 2 N–H and O–H groups in total. The fourth-order valence-electron chi connectivity index (χ4n) is 5.20. The molecule has 6 nitrogen and oxygen atoms in total. The maximum atomic E-state index is 13.1. The highest BCUT2D eigenvalue weighted by atomic mass is 35.5. The van der Waals surface area contributed by atoms with Gasteiger partial charge in [-0.25, -0.2) is 0 Å². The van der Waals surface area contributed by atoms with E-state index in [2.05, 4.69) is 37.5 Å². The number of rotatable bonds is 6. The molecule has 1 amide bonds. The van der Waals surface area contributed by atoms with Gasteiger partial charge in [0.25, 0.3) is 0 Å². The maximum absolute atomic E-state index is 13.1. The van der Waals surface area contributed by atoms with Gasteiger partial charge in [0.05, 0.1) is 6.10 Å². The minimum absolute atomic E-state index is 0. The monoisotopic (exact) mass is 452 g/mol. The Balaban J connectivity index is 0.00000210. The molecule has 172 valence electrons.